The maximum Gasteiger partial charge on any atom is 0.0716 e. The first kappa shape index (κ1) is 17.2. The number of rotatable bonds is 3. The lowest BCUT2D eigenvalue weighted by Gasteiger charge is -2.11. The van der Waals surface area contributed by atoms with E-state index in [0.717, 1.165) is 37.0 Å². The van der Waals surface area contributed by atoms with E-state index in [-0.39, 0.29) is 0 Å². The first-order valence-corrected chi connectivity index (χ1v) is 9.87. The van der Waals surface area contributed by atoms with Crippen molar-refractivity contribution in [2.24, 2.45) is 0 Å². The molecule has 0 atom stereocenters. The van der Waals surface area contributed by atoms with Crippen LogP contribution >= 0.6 is 31.9 Å². The van der Waals surface area contributed by atoms with Gasteiger partial charge < -0.3 is 0 Å². The van der Waals surface area contributed by atoms with Crippen LogP contribution in [0.25, 0.3) is 33.6 Å². The van der Waals surface area contributed by atoms with Gasteiger partial charge in [0.15, 0.2) is 0 Å². The zero-order valence-corrected chi connectivity index (χ0v) is 17.0. The number of pyridine rings is 1. The summed E-state index contributed by atoms with van der Waals surface area (Å²) in [6.07, 6.45) is 0. The summed E-state index contributed by atoms with van der Waals surface area (Å²) < 4.78 is 2.05. The summed E-state index contributed by atoms with van der Waals surface area (Å²) in [7, 11) is 0. The van der Waals surface area contributed by atoms with Gasteiger partial charge in [-0.25, -0.2) is 4.98 Å². The normalized spacial score (nSPS) is 10.7. The Morgan fingerprint density at radius 1 is 0.462 bits per heavy atom. The average Bonchev–Trinajstić information content (AvgIpc) is 2.68. The van der Waals surface area contributed by atoms with Gasteiger partial charge in [0.1, 0.15) is 0 Å². The van der Waals surface area contributed by atoms with Gasteiger partial charge in [0, 0.05) is 20.1 Å². The Morgan fingerprint density at radius 3 is 1.54 bits per heavy atom. The molecule has 1 aromatic heterocycles. The molecule has 0 aliphatic rings. The molecular weight excluding hydrogens is 450 g/mol. The molecule has 0 N–H and O–H groups in total. The maximum atomic E-state index is 4.94. The fourth-order valence-electron chi connectivity index (χ4n) is 2.93. The Kier molecular flexibility index (Phi) is 5.00. The van der Waals surface area contributed by atoms with Crippen molar-refractivity contribution in [2.75, 3.05) is 0 Å². The smallest absolute Gasteiger partial charge is 0.0716 e. The van der Waals surface area contributed by atoms with Gasteiger partial charge in [-0.3, -0.25) is 0 Å². The minimum Gasteiger partial charge on any atom is -0.248 e. The Bertz CT molecular complexity index is 966. The molecule has 0 spiro atoms. The quantitative estimate of drug-likeness (QED) is 0.304. The van der Waals surface area contributed by atoms with Gasteiger partial charge in [0.25, 0.3) is 0 Å². The fraction of sp³-hybridized carbons (Fsp3) is 0. The first-order valence-electron chi connectivity index (χ1n) is 8.28. The summed E-state index contributed by atoms with van der Waals surface area (Å²) in [5.74, 6) is 0. The molecule has 26 heavy (non-hydrogen) atoms. The zero-order chi connectivity index (χ0) is 17.9. The van der Waals surface area contributed by atoms with Crippen molar-refractivity contribution >= 4 is 31.9 Å². The zero-order valence-electron chi connectivity index (χ0n) is 13.9. The molecule has 1 nitrogen and oxygen atoms in total. The molecule has 0 bridgehead atoms. The van der Waals surface area contributed by atoms with Crippen LogP contribution in [0, 0.1) is 0 Å². The summed E-state index contributed by atoms with van der Waals surface area (Å²) in [6, 6.07) is 31.2. The molecule has 0 unspecified atom stereocenters. The van der Waals surface area contributed by atoms with Gasteiger partial charge in [-0.1, -0.05) is 92.5 Å². The maximum absolute atomic E-state index is 4.94. The molecule has 3 aromatic carbocycles. The van der Waals surface area contributed by atoms with Crippen molar-refractivity contribution in [3.8, 4) is 33.6 Å². The van der Waals surface area contributed by atoms with Crippen molar-refractivity contribution in [1.29, 1.82) is 0 Å². The molecular formula is C23H15Br2N. The second kappa shape index (κ2) is 7.56. The summed E-state index contributed by atoms with van der Waals surface area (Å²) in [5, 5.41) is 0. The molecule has 1 heterocycles. The summed E-state index contributed by atoms with van der Waals surface area (Å²) in [4.78, 5) is 4.94. The highest BCUT2D eigenvalue weighted by Crippen LogP contribution is 2.32. The molecule has 4 rings (SSSR count). The number of halogens is 2. The summed E-state index contributed by atoms with van der Waals surface area (Å²) in [6.45, 7) is 0. The molecule has 0 saturated heterocycles. The Morgan fingerprint density at radius 2 is 0.962 bits per heavy atom. The first-order chi connectivity index (χ1) is 12.7. The van der Waals surface area contributed by atoms with Crippen LogP contribution < -0.4 is 0 Å². The third-order valence-corrected chi connectivity index (χ3v) is 5.08. The number of hydrogen-bond acceptors (Lipinski definition) is 1. The summed E-state index contributed by atoms with van der Waals surface area (Å²) >= 11 is 7.16. The van der Waals surface area contributed by atoms with Crippen LogP contribution in [0.1, 0.15) is 0 Å². The highest BCUT2D eigenvalue weighted by molar-refractivity contribution is 9.11. The lowest BCUT2D eigenvalue weighted by atomic mass is 10.00. The molecule has 3 heteroatoms. The highest BCUT2D eigenvalue weighted by Gasteiger charge is 2.09. The van der Waals surface area contributed by atoms with Gasteiger partial charge in [0.05, 0.1) is 11.4 Å². The third-order valence-electron chi connectivity index (χ3n) is 4.16. The standard InChI is InChI=1S/C23H15Br2N/c24-20-11-19(12-21(25)15-20)23-14-18(16-7-3-1-4-8-16)13-22(26-23)17-9-5-2-6-10-17/h1-15H. The van der Waals surface area contributed by atoms with Crippen molar-refractivity contribution in [1.82, 2.24) is 4.98 Å². The number of aromatic nitrogens is 1. The topological polar surface area (TPSA) is 12.9 Å². The Hall–Kier alpha value is -2.23. The third kappa shape index (κ3) is 3.79. The summed E-state index contributed by atoms with van der Waals surface area (Å²) in [5.41, 5.74) is 6.44. The molecule has 4 aromatic rings. The van der Waals surface area contributed by atoms with E-state index in [2.05, 4.69) is 92.5 Å². The van der Waals surface area contributed by atoms with Crippen LogP contribution in [0.15, 0.2) is 99.9 Å². The van der Waals surface area contributed by atoms with Crippen LogP contribution in [-0.2, 0) is 0 Å². The second-order valence-electron chi connectivity index (χ2n) is 6.02. The minimum absolute atomic E-state index is 0.951. The van der Waals surface area contributed by atoms with Gasteiger partial charge in [-0.05, 0) is 41.5 Å². The Balaban J connectivity index is 1.93. The molecule has 126 valence electrons. The van der Waals surface area contributed by atoms with Gasteiger partial charge in [-0.15, -0.1) is 0 Å². The van der Waals surface area contributed by atoms with E-state index in [1.54, 1.807) is 0 Å². The van der Waals surface area contributed by atoms with Gasteiger partial charge >= 0.3 is 0 Å². The number of nitrogens with zero attached hydrogens (tertiary/aromatic N) is 1. The van der Waals surface area contributed by atoms with Crippen molar-refractivity contribution in [3.05, 3.63) is 99.9 Å². The fourth-order valence-corrected chi connectivity index (χ4v) is 4.23. The van der Waals surface area contributed by atoms with Gasteiger partial charge in [-0.2, -0.15) is 0 Å². The van der Waals surface area contributed by atoms with E-state index in [4.69, 9.17) is 4.98 Å². The monoisotopic (exact) mass is 463 g/mol. The lowest BCUT2D eigenvalue weighted by Crippen LogP contribution is -1.91. The van der Waals surface area contributed by atoms with E-state index in [0.29, 0.717) is 0 Å². The molecule has 0 fully saturated rings. The molecule has 0 amide bonds. The molecule has 0 aliphatic heterocycles. The van der Waals surface area contributed by atoms with E-state index >= 15 is 0 Å². The Labute approximate surface area is 170 Å². The van der Waals surface area contributed by atoms with Crippen LogP contribution in [0.2, 0.25) is 0 Å². The lowest BCUT2D eigenvalue weighted by molar-refractivity contribution is 1.32. The van der Waals surface area contributed by atoms with Crippen molar-refractivity contribution in [3.63, 3.8) is 0 Å². The van der Waals surface area contributed by atoms with Crippen LogP contribution in [0.3, 0.4) is 0 Å². The number of benzene rings is 3. The van der Waals surface area contributed by atoms with Crippen LogP contribution in [-0.4, -0.2) is 4.98 Å². The van der Waals surface area contributed by atoms with E-state index in [1.165, 1.54) is 5.56 Å². The average molecular weight is 465 g/mol. The van der Waals surface area contributed by atoms with Crippen molar-refractivity contribution in [2.45, 2.75) is 0 Å². The van der Waals surface area contributed by atoms with E-state index < -0.39 is 0 Å². The highest BCUT2D eigenvalue weighted by atomic mass is 79.9. The molecule has 0 aliphatic carbocycles. The number of hydrogen-bond donors (Lipinski definition) is 0. The SMILES string of the molecule is Brc1cc(Br)cc(-c2cc(-c3ccccc3)cc(-c3ccccc3)n2)c1. The minimum atomic E-state index is 0.951. The predicted octanol–water partition coefficient (Wildman–Crippen LogP) is 7.61. The predicted molar refractivity (Wildman–Crippen MR) is 116 cm³/mol. The van der Waals surface area contributed by atoms with Crippen molar-refractivity contribution < 1.29 is 0 Å². The van der Waals surface area contributed by atoms with E-state index in [1.807, 2.05) is 30.3 Å². The van der Waals surface area contributed by atoms with Crippen LogP contribution in [0.4, 0.5) is 0 Å². The second-order valence-corrected chi connectivity index (χ2v) is 7.85. The van der Waals surface area contributed by atoms with Crippen LogP contribution in [0.5, 0.6) is 0 Å². The molecule has 0 saturated carbocycles. The van der Waals surface area contributed by atoms with E-state index in [9.17, 15) is 0 Å². The molecule has 0 radical (unpaired) electrons. The van der Waals surface area contributed by atoms with Gasteiger partial charge in [0.2, 0.25) is 0 Å². The largest absolute Gasteiger partial charge is 0.248 e.